The summed E-state index contributed by atoms with van der Waals surface area (Å²) in [5, 5.41) is 2.41. The van der Waals surface area contributed by atoms with E-state index in [4.69, 9.17) is 17.3 Å². The molecule has 0 radical (unpaired) electrons. The molecule has 0 aliphatic carbocycles. The Labute approximate surface area is 156 Å². The molecule has 2 aromatic carbocycles. The number of carbonyl (C=O) groups is 2. The van der Waals surface area contributed by atoms with Gasteiger partial charge in [0.2, 0.25) is 11.7 Å². The lowest BCUT2D eigenvalue weighted by Crippen LogP contribution is -2.35. The van der Waals surface area contributed by atoms with Gasteiger partial charge in [0, 0.05) is 4.47 Å². The number of hydrogen-bond acceptors (Lipinski definition) is 3. The van der Waals surface area contributed by atoms with Crippen molar-refractivity contribution in [2.45, 2.75) is 19.4 Å². The van der Waals surface area contributed by atoms with Gasteiger partial charge >= 0.3 is 0 Å². The van der Waals surface area contributed by atoms with Crippen LogP contribution in [0, 0.1) is 11.6 Å². The minimum atomic E-state index is -1.02. The van der Waals surface area contributed by atoms with E-state index in [2.05, 4.69) is 21.2 Å². The summed E-state index contributed by atoms with van der Waals surface area (Å²) >= 11 is 9.31. The zero-order valence-electron chi connectivity index (χ0n) is 13.1. The number of hydrogen-bond donors (Lipinski definition) is 2. The standard InChI is InChI=1S/C17H14BrClF2N2O2/c1-2-11(22)17(25)23-12-7-6-8(18)15(19)14(12)16(24)13-9(20)4-3-5-10(13)21/h3-7,11H,2,22H2,1H3,(H,23,25)/t11-/m0/s1. The molecule has 0 saturated carbocycles. The van der Waals surface area contributed by atoms with E-state index in [0.29, 0.717) is 10.9 Å². The molecule has 4 nitrogen and oxygen atoms in total. The highest BCUT2D eigenvalue weighted by atomic mass is 79.9. The van der Waals surface area contributed by atoms with Crippen LogP contribution >= 0.6 is 27.5 Å². The van der Waals surface area contributed by atoms with E-state index in [0.717, 1.165) is 18.2 Å². The molecule has 0 spiro atoms. The van der Waals surface area contributed by atoms with Gasteiger partial charge in [0.05, 0.1) is 27.9 Å². The van der Waals surface area contributed by atoms with E-state index < -0.39 is 34.9 Å². The molecule has 25 heavy (non-hydrogen) atoms. The molecule has 2 aromatic rings. The van der Waals surface area contributed by atoms with Gasteiger partial charge in [0.15, 0.2) is 0 Å². The summed E-state index contributed by atoms with van der Waals surface area (Å²) in [4.78, 5) is 24.8. The van der Waals surface area contributed by atoms with Gasteiger partial charge in [0.1, 0.15) is 11.6 Å². The van der Waals surface area contributed by atoms with Crippen LogP contribution in [0.4, 0.5) is 14.5 Å². The third-order valence-corrected chi connectivity index (χ3v) is 4.83. The highest BCUT2D eigenvalue weighted by molar-refractivity contribution is 9.10. The van der Waals surface area contributed by atoms with Crippen molar-refractivity contribution >= 4 is 44.9 Å². The van der Waals surface area contributed by atoms with E-state index >= 15 is 0 Å². The predicted octanol–water partition coefficient (Wildman–Crippen LogP) is 4.29. The number of nitrogens with one attached hydrogen (secondary N) is 1. The molecule has 2 rings (SSSR count). The van der Waals surface area contributed by atoms with Crippen LogP contribution in [0.2, 0.25) is 5.02 Å². The van der Waals surface area contributed by atoms with Crippen LogP contribution in [-0.2, 0) is 4.79 Å². The highest BCUT2D eigenvalue weighted by Gasteiger charge is 2.26. The first kappa shape index (κ1) is 19.5. The molecule has 1 amide bonds. The normalized spacial score (nSPS) is 11.9. The van der Waals surface area contributed by atoms with E-state index in [1.807, 2.05) is 0 Å². The maximum absolute atomic E-state index is 14.0. The average Bonchev–Trinajstić information content (AvgIpc) is 2.57. The second kappa shape index (κ2) is 8.03. The summed E-state index contributed by atoms with van der Waals surface area (Å²) in [5.41, 5.74) is 4.70. The van der Waals surface area contributed by atoms with Crippen molar-refractivity contribution in [3.63, 3.8) is 0 Å². The Balaban J connectivity index is 2.58. The first-order valence-electron chi connectivity index (χ1n) is 7.31. The Morgan fingerprint density at radius 1 is 1.20 bits per heavy atom. The van der Waals surface area contributed by atoms with Crippen LogP contribution in [0.1, 0.15) is 29.3 Å². The van der Waals surface area contributed by atoms with Gasteiger partial charge in [-0.2, -0.15) is 0 Å². The van der Waals surface area contributed by atoms with Crippen LogP contribution in [0.5, 0.6) is 0 Å². The molecule has 0 fully saturated rings. The largest absolute Gasteiger partial charge is 0.324 e. The fourth-order valence-corrected chi connectivity index (χ4v) is 2.71. The second-order valence-electron chi connectivity index (χ2n) is 5.21. The lowest BCUT2D eigenvalue weighted by molar-refractivity contribution is -0.117. The Bertz CT molecular complexity index is 825. The fourth-order valence-electron chi connectivity index (χ4n) is 2.13. The Kier molecular flexibility index (Phi) is 6.26. The van der Waals surface area contributed by atoms with Gasteiger partial charge in [0.25, 0.3) is 0 Å². The van der Waals surface area contributed by atoms with Crippen LogP contribution in [0.3, 0.4) is 0 Å². The second-order valence-corrected chi connectivity index (χ2v) is 6.45. The molecule has 0 aromatic heterocycles. The minimum absolute atomic E-state index is 0.0229. The van der Waals surface area contributed by atoms with E-state index in [1.54, 1.807) is 6.92 Å². The molecule has 0 heterocycles. The number of ketones is 1. The van der Waals surface area contributed by atoms with E-state index in [-0.39, 0.29) is 16.3 Å². The number of nitrogens with two attached hydrogens (primary N) is 1. The van der Waals surface area contributed by atoms with Gasteiger partial charge in [-0.15, -0.1) is 0 Å². The van der Waals surface area contributed by atoms with Gasteiger partial charge in [-0.25, -0.2) is 8.78 Å². The molecule has 0 unspecified atom stereocenters. The summed E-state index contributed by atoms with van der Waals surface area (Å²) in [7, 11) is 0. The smallest absolute Gasteiger partial charge is 0.241 e. The number of anilines is 1. The number of carbonyl (C=O) groups excluding carboxylic acids is 2. The Morgan fingerprint density at radius 2 is 1.80 bits per heavy atom. The summed E-state index contributed by atoms with van der Waals surface area (Å²) in [6.45, 7) is 1.72. The third-order valence-electron chi connectivity index (χ3n) is 3.55. The van der Waals surface area contributed by atoms with Crippen LogP contribution in [0.15, 0.2) is 34.8 Å². The molecule has 8 heteroatoms. The van der Waals surface area contributed by atoms with Crippen molar-refractivity contribution in [1.82, 2.24) is 0 Å². The fraction of sp³-hybridized carbons (Fsp3) is 0.176. The van der Waals surface area contributed by atoms with Crippen molar-refractivity contribution in [3.05, 3.63) is 62.6 Å². The number of halogens is 4. The zero-order valence-corrected chi connectivity index (χ0v) is 15.4. The molecular formula is C17H14BrClF2N2O2. The van der Waals surface area contributed by atoms with Crippen LogP contribution < -0.4 is 11.1 Å². The van der Waals surface area contributed by atoms with Gasteiger partial charge in [-0.1, -0.05) is 24.6 Å². The Hall–Kier alpha value is -1.83. The molecular weight excluding hydrogens is 418 g/mol. The maximum atomic E-state index is 14.0. The zero-order chi connectivity index (χ0) is 18.7. The quantitative estimate of drug-likeness (QED) is 0.694. The molecule has 0 aliphatic heterocycles. The lowest BCUT2D eigenvalue weighted by Gasteiger charge is -2.16. The molecule has 0 aliphatic rings. The molecule has 3 N–H and O–H groups in total. The van der Waals surface area contributed by atoms with Crippen molar-refractivity contribution in [2.24, 2.45) is 5.73 Å². The van der Waals surface area contributed by atoms with E-state index in [1.165, 1.54) is 12.1 Å². The average molecular weight is 432 g/mol. The lowest BCUT2D eigenvalue weighted by atomic mass is 10.00. The molecule has 0 bridgehead atoms. The van der Waals surface area contributed by atoms with Crippen molar-refractivity contribution < 1.29 is 18.4 Å². The highest BCUT2D eigenvalue weighted by Crippen LogP contribution is 2.34. The van der Waals surface area contributed by atoms with Crippen LogP contribution in [0.25, 0.3) is 0 Å². The Morgan fingerprint density at radius 3 is 2.36 bits per heavy atom. The SMILES string of the molecule is CC[C@H](N)C(=O)Nc1ccc(Br)c(Cl)c1C(=O)c1c(F)cccc1F. The first-order valence-corrected chi connectivity index (χ1v) is 8.48. The number of benzene rings is 2. The molecule has 0 saturated heterocycles. The maximum Gasteiger partial charge on any atom is 0.241 e. The third kappa shape index (κ3) is 4.05. The van der Waals surface area contributed by atoms with Crippen LogP contribution in [-0.4, -0.2) is 17.7 Å². The van der Waals surface area contributed by atoms with Crippen molar-refractivity contribution in [2.75, 3.05) is 5.32 Å². The van der Waals surface area contributed by atoms with Crippen molar-refractivity contribution in [1.29, 1.82) is 0 Å². The topological polar surface area (TPSA) is 72.2 Å². The first-order chi connectivity index (χ1) is 11.8. The monoisotopic (exact) mass is 430 g/mol. The van der Waals surface area contributed by atoms with Gasteiger partial charge < -0.3 is 11.1 Å². The molecule has 1 atom stereocenters. The summed E-state index contributed by atoms with van der Waals surface area (Å²) in [5.74, 6) is -3.57. The van der Waals surface area contributed by atoms with E-state index in [9.17, 15) is 18.4 Å². The summed E-state index contributed by atoms with van der Waals surface area (Å²) in [6.07, 6.45) is 0.376. The number of amides is 1. The molecule has 132 valence electrons. The summed E-state index contributed by atoms with van der Waals surface area (Å²) in [6, 6.07) is 5.19. The van der Waals surface area contributed by atoms with Crippen molar-refractivity contribution in [3.8, 4) is 0 Å². The van der Waals surface area contributed by atoms with Gasteiger partial charge in [-0.3, -0.25) is 9.59 Å². The number of rotatable bonds is 5. The predicted molar refractivity (Wildman–Crippen MR) is 95.8 cm³/mol. The minimum Gasteiger partial charge on any atom is -0.324 e. The van der Waals surface area contributed by atoms with Gasteiger partial charge in [-0.05, 0) is 46.6 Å². The summed E-state index contributed by atoms with van der Waals surface area (Å²) < 4.78 is 28.3.